The molecule has 0 aromatic rings. The standard InChI is InChI=1S/C5H11.CI2O.Rh/c1-3-5-4-2;2-1(3)4;/h1,3-5H2,2H3;;/q-1;;. The first-order valence-electron chi connectivity index (χ1n) is 2.79. The largest absolute Gasteiger partial charge is 0.343 e. The van der Waals surface area contributed by atoms with Crippen LogP contribution in [0.4, 0.5) is 4.79 Å². The third-order valence-corrected chi connectivity index (χ3v) is 0.604. The predicted octanol–water partition coefficient (Wildman–Crippen LogP) is 3.98. The molecule has 0 unspecified atom stereocenters. The summed E-state index contributed by atoms with van der Waals surface area (Å²) in [6.45, 7) is 5.85. The van der Waals surface area contributed by atoms with Crippen molar-refractivity contribution in [2.24, 2.45) is 0 Å². The molecule has 0 aliphatic carbocycles. The van der Waals surface area contributed by atoms with Crippen molar-refractivity contribution in [3.63, 3.8) is 0 Å². The minimum atomic E-state index is 0. The van der Waals surface area contributed by atoms with Crippen molar-refractivity contribution in [3.8, 4) is 0 Å². The molecule has 0 N–H and O–H groups in total. The van der Waals surface area contributed by atoms with E-state index in [1.54, 1.807) is 45.2 Å². The Kier molecular flexibility index (Phi) is 30.2. The minimum absolute atomic E-state index is 0. The molecule has 0 saturated heterocycles. The van der Waals surface area contributed by atoms with Gasteiger partial charge in [0.1, 0.15) is 0 Å². The van der Waals surface area contributed by atoms with E-state index < -0.39 is 0 Å². The number of carbonyl (C=O) groups is 1. The van der Waals surface area contributed by atoms with Crippen molar-refractivity contribution in [2.75, 3.05) is 0 Å². The summed E-state index contributed by atoms with van der Waals surface area (Å²) in [7, 11) is 0. The summed E-state index contributed by atoms with van der Waals surface area (Å²) in [5.74, 6) is 0. The molecule has 65 valence electrons. The molecule has 0 bridgehead atoms. The van der Waals surface area contributed by atoms with Crippen LogP contribution < -0.4 is 0 Å². The number of rotatable bonds is 2. The average molecular weight is 456 g/mol. The Morgan fingerprint density at radius 2 is 1.80 bits per heavy atom. The van der Waals surface area contributed by atoms with E-state index >= 15 is 0 Å². The number of carbonyl (C=O) groups excluding carboxylic acids is 1. The second-order valence-corrected chi connectivity index (χ2v) is 5.46. The summed E-state index contributed by atoms with van der Waals surface area (Å²) in [5, 5.41) is 0. The van der Waals surface area contributed by atoms with Crippen LogP contribution in [0.2, 0.25) is 0 Å². The zero-order chi connectivity index (χ0) is 7.70. The van der Waals surface area contributed by atoms with E-state index in [1.165, 1.54) is 12.8 Å². The van der Waals surface area contributed by atoms with Gasteiger partial charge in [-0.2, -0.15) is 6.42 Å². The molecule has 0 rings (SSSR count). The fourth-order valence-electron chi connectivity index (χ4n) is 0.250. The quantitative estimate of drug-likeness (QED) is 0.266. The van der Waals surface area contributed by atoms with Crippen molar-refractivity contribution < 1.29 is 24.3 Å². The maximum absolute atomic E-state index is 9.42. The molecule has 0 aliphatic heterocycles. The molecular formula is C6H11I2ORh-. The molecule has 1 nitrogen and oxygen atoms in total. The Balaban J connectivity index is -0.0000000910. The first-order valence-corrected chi connectivity index (χ1v) is 4.95. The SMILES string of the molecule is O=C(I)I.[CH2-]CCCC.[Rh]. The van der Waals surface area contributed by atoms with Crippen molar-refractivity contribution in [3.05, 3.63) is 6.92 Å². The molecule has 0 spiro atoms. The fraction of sp³-hybridized carbons (Fsp3) is 0.667. The first kappa shape index (κ1) is 17.7. The van der Waals surface area contributed by atoms with E-state index in [-0.39, 0.29) is 21.3 Å². The van der Waals surface area contributed by atoms with Gasteiger partial charge in [0.05, 0.1) is 0 Å². The summed E-state index contributed by atoms with van der Waals surface area (Å²) in [6.07, 6.45) is 3.65. The van der Waals surface area contributed by atoms with Gasteiger partial charge in [0.25, 0.3) is 1.80 Å². The summed E-state index contributed by atoms with van der Waals surface area (Å²) in [6, 6.07) is 0. The van der Waals surface area contributed by atoms with E-state index in [0.717, 1.165) is 6.42 Å². The summed E-state index contributed by atoms with van der Waals surface area (Å²) < 4.78 is 0.107. The van der Waals surface area contributed by atoms with Crippen LogP contribution in [-0.2, 0) is 19.5 Å². The van der Waals surface area contributed by atoms with Gasteiger partial charge < -0.3 is 6.92 Å². The molecule has 0 atom stereocenters. The molecule has 0 aromatic heterocycles. The first-order chi connectivity index (χ1) is 4.15. The number of hydrogen-bond acceptors (Lipinski definition) is 1. The molecule has 1 radical (unpaired) electrons. The Hall–Kier alpha value is 1.75. The second kappa shape index (κ2) is 17.0. The maximum Gasteiger partial charge on any atom is 0.251 e. The van der Waals surface area contributed by atoms with Gasteiger partial charge in [0.2, 0.25) is 0 Å². The second-order valence-electron chi connectivity index (χ2n) is 1.43. The van der Waals surface area contributed by atoms with E-state index in [9.17, 15) is 4.79 Å². The minimum Gasteiger partial charge on any atom is -0.343 e. The molecule has 4 heteroatoms. The topological polar surface area (TPSA) is 17.1 Å². The van der Waals surface area contributed by atoms with Gasteiger partial charge in [-0.05, 0) is 0 Å². The summed E-state index contributed by atoms with van der Waals surface area (Å²) in [4.78, 5) is 9.42. The zero-order valence-corrected chi connectivity index (χ0v) is 11.8. The molecule has 0 aliphatic rings. The zero-order valence-electron chi connectivity index (χ0n) is 5.83. The maximum atomic E-state index is 9.42. The molecular weight excluding hydrogens is 445 g/mol. The Labute approximate surface area is 103 Å². The third kappa shape index (κ3) is 53.0. The van der Waals surface area contributed by atoms with E-state index in [0.29, 0.717) is 0 Å². The molecule has 0 saturated carbocycles. The van der Waals surface area contributed by atoms with Crippen molar-refractivity contribution >= 4 is 47.0 Å². The van der Waals surface area contributed by atoms with Gasteiger partial charge >= 0.3 is 0 Å². The van der Waals surface area contributed by atoms with Gasteiger partial charge in [-0.3, -0.25) is 4.79 Å². The van der Waals surface area contributed by atoms with Gasteiger partial charge in [-0.1, -0.05) is 19.8 Å². The van der Waals surface area contributed by atoms with Crippen molar-refractivity contribution in [2.45, 2.75) is 26.2 Å². The average Bonchev–Trinajstić information content (AvgIpc) is 1.66. The Morgan fingerprint density at radius 3 is 1.80 bits per heavy atom. The van der Waals surface area contributed by atoms with Crippen LogP contribution in [0.25, 0.3) is 0 Å². The van der Waals surface area contributed by atoms with Gasteiger partial charge in [0, 0.05) is 64.7 Å². The van der Waals surface area contributed by atoms with Crippen LogP contribution in [0.1, 0.15) is 26.2 Å². The van der Waals surface area contributed by atoms with Gasteiger partial charge in [-0.25, -0.2) is 0 Å². The van der Waals surface area contributed by atoms with E-state index in [1.807, 2.05) is 0 Å². The summed E-state index contributed by atoms with van der Waals surface area (Å²) in [5.41, 5.74) is 0. The predicted molar refractivity (Wildman–Crippen MR) is 58.3 cm³/mol. The molecule has 0 aromatic carbocycles. The van der Waals surface area contributed by atoms with E-state index in [4.69, 9.17) is 0 Å². The van der Waals surface area contributed by atoms with E-state index in [2.05, 4.69) is 13.8 Å². The van der Waals surface area contributed by atoms with Crippen LogP contribution >= 0.6 is 45.2 Å². The van der Waals surface area contributed by atoms with Crippen LogP contribution in [-0.4, -0.2) is 1.80 Å². The molecule has 0 heterocycles. The normalized spacial score (nSPS) is 6.80. The number of unbranched alkanes of at least 4 members (excludes halogenated alkanes) is 2. The number of hydrogen-bond donors (Lipinski definition) is 0. The van der Waals surface area contributed by atoms with Crippen LogP contribution in [0.3, 0.4) is 0 Å². The fourth-order valence-corrected chi connectivity index (χ4v) is 0.250. The monoisotopic (exact) mass is 456 g/mol. The van der Waals surface area contributed by atoms with Crippen LogP contribution in [0.15, 0.2) is 0 Å². The van der Waals surface area contributed by atoms with Gasteiger partial charge in [-0.15, -0.1) is 0 Å². The Bertz CT molecular complexity index is 62.8. The van der Waals surface area contributed by atoms with Crippen molar-refractivity contribution in [1.82, 2.24) is 0 Å². The number of halogens is 2. The van der Waals surface area contributed by atoms with Crippen LogP contribution in [0, 0.1) is 6.92 Å². The molecule has 0 amide bonds. The molecule has 0 fully saturated rings. The third-order valence-electron chi connectivity index (χ3n) is 0.604. The van der Waals surface area contributed by atoms with Crippen LogP contribution in [0.5, 0.6) is 0 Å². The smallest absolute Gasteiger partial charge is 0.251 e. The summed E-state index contributed by atoms with van der Waals surface area (Å²) >= 11 is 3.38. The molecule has 10 heavy (non-hydrogen) atoms. The van der Waals surface area contributed by atoms with Gasteiger partial charge in [0.15, 0.2) is 0 Å². The van der Waals surface area contributed by atoms with Crippen molar-refractivity contribution in [1.29, 1.82) is 0 Å². The Morgan fingerprint density at radius 1 is 1.50 bits per heavy atom.